The van der Waals surface area contributed by atoms with Gasteiger partial charge in [-0.1, -0.05) is 0 Å². The predicted molar refractivity (Wildman–Crippen MR) is 87.2 cm³/mol. The average Bonchev–Trinajstić information content (AvgIpc) is 2.82. The third-order valence-corrected chi connectivity index (χ3v) is 6.52. The van der Waals surface area contributed by atoms with Gasteiger partial charge in [-0.2, -0.15) is 5.10 Å². The van der Waals surface area contributed by atoms with Gasteiger partial charge in [0.15, 0.2) is 6.04 Å². The first-order chi connectivity index (χ1) is 11.4. The van der Waals surface area contributed by atoms with Crippen LogP contribution in [0.2, 0.25) is 0 Å². The van der Waals surface area contributed by atoms with Gasteiger partial charge in [-0.25, -0.2) is 4.79 Å². The van der Waals surface area contributed by atoms with Crippen molar-refractivity contribution in [2.45, 2.75) is 58.4 Å². The molecule has 1 atom stereocenters. The Bertz CT molecular complexity index is 639. The molecule has 1 amide bonds. The lowest BCUT2D eigenvalue weighted by Gasteiger charge is -2.55. The fourth-order valence-electron chi connectivity index (χ4n) is 5.92. The standard InChI is InChI=1S/C18H25N3O3/c1-9-14(10(2)21-20-9)15(16(22)23)19-17(24)18-6-11-3-12(7-18)5-13(4-11)8-18/h11-13,15H,3-8H2,1-2H3,(H,19,24)(H,20,21)(H,22,23). The van der Waals surface area contributed by atoms with Crippen molar-refractivity contribution in [2.24, 2.45) is 23.2 Å². The van der Waals surface area contributed by atoms with Crippen molar-refractivity contribution < 1.29 is 14.7 Å². The number of hydrogen-bond acceptors (Lipinski definition) is 3. The van der Waals surface area contributed by atoms with Gasteiger partial charge < -0.3 is 10.4 Å². The molecule has 4 bridgehead atoms. The number of rotatable bonds is 4. The molecular formula is C18H25N3O3. The van der Waals surface area contributed by atoms with Crippen LogP contribution >= 0.6 is 0 Å². The number of aromatic amines is 1. The van der Waals surface area contributed by atoms with Crippen LogP contribution in [-0.4, -0.2) is 27.2 Å². The van der Waals surface area contributed by atoms with E-state index < -0.39 is 12.0 Å². The first-order valence-corrected chi connectivity index (χ1v) is 8.93. The summed E-state index contributed by atoms with van der Waals surface area (Å²) in [5.74, 6) is 0.878. The fourth-order valence-corrected chi connectivity index (χ4v) is 5.92. The van der Waals surface area contributed by atoms with Crippen molar-refractivity contribution >= 4 is 11.9 Å². The number of nitrogens with zero attached hydrogens (tertiary/aromatic N) is 1. The molecule has 0 aliphatic heterocycles. The van der Waals surface area contributed by atoms with Crippen LogP contribution in [0.15, 0.2) is 0 Å². The number of aromatic nitrogens is 2. The molecule has 4 saturated carbocycles. The lowest BCUT2D eigenvalue weighted by atomic mass is 9.49. The smallest absolute Gasteiger partial charge is 0.331 e. The highest BCUT2D eigenvalue weighted by Crippen LogP contribution is 2.60. The highest BCUT2D eigenvalue weighted by Gasteiger charge is 2.55. The van der Waals surface area contributed by atoms with E-state index in [1.165, 1.54) is 19.3 Å². The molecule has 6 heteroatoms. The Balaban J connectivity index is 1.59. The van der Waals surface area contributed by atoms with E-state index >= 15 is 0 Å². The van der Waals surface area contributed by atoms with Gasteiger partial charge in [-0.3, -0.25) is 9.89 Å². The number of carboxylic acids is 1. The molecule has 0 radical (unpaired) electrons. The molecule has 1 unspecified atom stereocenters. The molecule has 130 valence electrons. The number of aryl methyl sites for hydroxylation is 2. The second kappa shape index (κ2) is 5.33. The van der Waals surface area contributed by atoms with Crippen LogP contribution in [0.3, 0.4) is 0 Å². The van der Waals surface area contributed by atoms with Crippen molar-refractivity contribution in [3.63, 3.8) is 0 Å². The zero-order valence-electron chi connectivity index (χ0n) is 14.3. The van der Waals surface area contributed by atoms with Gasteiger partial charge >= 0.3 is 5.97 Å². The van der Waals surface area contributed by atoms with Gasteiger partial charge in [0, 0.05) is 16.7 Å². The summed E-state index contributed by atoms with van der Waals surface area (Å²) < 4.78 is 0. The Morgan fingerprint density at radius 2 is 1.71 bits per heavy atom. The normalized spacial score (nSPS) is 35.0. The van der Waals surface area contributed by atoms with Crippen molar-refractivity contribution in [1.29, 1.82) is 0 Å². The quantitative estimate of drug-likeness (QED) is 0.790. The lowest BCUT2D eigenvalue weighted by Crippen LogP contribution is -2.54. The zero-order valence-corrected chi connectivity index (χ0v) is 14.3. The number of carbonyl (C=O) groups is 2. The molecule has 24 heavy (non-hydrogen) atoms. The summed E-state index contributed by atoms with van der Waals surface area (Å²) in [7, 11) is 0. The molecule has 3 N–H and O–H groups in total. The Kier molecular flexibility index (Phi) is 3.48. The van der Waals surface area contributed by atoms with Gasteiger partial charge in [-0.05, 0) is 70.1 Å². The number of aliphatic carboxylic acids is 1. The Labute approximate surface area is 141 Å². The Morgan fingerprint density at radius 1 is 1.17 bits per heavy atom. The van der Waals surface area contributed by atoms with E-state index in [0.717, 1.165) is 19.3 Å². The fraction of sp³-hybridized carbons (Fsp3) is 0.722. The maximum Gasteiger partial charge on any atom is 0.331 e. The molecule has 4 fully saturated rings. The molecule has 4 aliphatic rings. The topological polar surface area (TPSA) is 95.1 Å². The van der Waals surface area contributed by atoms with E-state index in [1.54, 1.807) is 13.8 Å². The SMILES string of the molecule is Cc1n[nH]c(C)c1C(NC(=O)C12CC3CC(CC(C3)C1)C2)C(=O)O. The minimum Gasteiger partial charge on any atom is -0.479 e. The van der Waals surface area contributed by atoms with E-state index in [1.807, 2.05) is 0 Å². The summed E-state index contributed by atoms with van der Waals surface area (Å²) in [4.78, 5) is 24.9. The van der Waals surface area contributed by atoms with Gasteiger partial charge in [0.05, 0.1) is 5.69 Å². The summed E-state index contributed by atoms with van der Waals surface area (Å²) in [6, 6.07) is -1.02. The third-order valence-electron chi connectivity index (χ3n) is 6.52. The minimum absolute atomic E-state index is 0.0611. The van der Waals surface area contributed by atoms with E-state index in [2.05, 4.69) is 15.5 Å². The van der Waals surface area contributed by atoms with Crippen molar-refractivity contribution in [3.8, 4) is 0 Å². The Hall–Kier alpha value is -1.85. The van der Waals surface area contributed by atoms with Gasteiger partial charge in [0.1, 0.15) is 0 Å². The van der Waals surface area contributed by atoms with Crippen LogP contribution in [0.4, 0.5) is 0 Å². The van der Waals surface area contributed by atoms with Gasteiger partial charge in [0.25, 0.3) is 0 Å². The van der Waals surface area contributed by atoms with Crippen LogP contribution in [-0.2, 0) is 9.59 Å². The number of amides is 1. The van der Waals surface area contributed by atoms with E-state index in [-0.39, 0.29) is 11.3 Å². The Morgan fingerprint density at radius 3 is 2.12 bits per heavy atom. The van der Waals surface area contributed by atoms with E-state index in [0.29, 0.717) is 34.7 Å². The summed E-state index contributed by atoms with van der Waals surface area (Å²) in [5, 5.41) is 19.4. The summed E-state index contributed by atoms with van der Waals surface area (Å²) in [6.45, 7) is 3.56. The number of hydrogen-bond donors (Lipinski definition) is 3. The van der Waals surface area contributed by atoms with Crippen molar-refractivity contribution in [2.75, 3.05) is 0 Å². The molecule has 0 saturated heterocycles. The monoisotopic (exact) mass is 331 g/mol. The second-order valence-corrected chi connectivity index (χ2v) is 8.29. The van der Waals surface area contributed by atoms with Gasteiger partial charge in [-0.15, -0.1) is 0 Å². The first-order valence-electron chi connectivity index (χ1n) is 8.93. The number of nitrogens with one attached hydrogen (secondary N) is 2. The lowest BCUT2D eigenvalue weighted by molar-refractivity contribution is -0.151. The molecule has 5 rings (SSSR count). The highest BCUT2D eigenvalue weighted by molar-refractivity contribution is 5.88. The summed E-state index contributed by atoms with van der Waals surface area (Å²) >= 11 is 0. The van der Waals surface area contributed by atoms with Crippen LogP contribution in [0.5, 0.6) is 0 Å². The summed E-state index contributed by atoms with van der Waals surface area (Å²) in [6.07, 6.45) is 6.57. The maximum absolute atomic E-state index is 13.1. The third kappa shape index (κ3) is 2.34. The molecule has 4 aliphatic carbocycles. The van der Waals surface area contributed by atoms with Crippen LogP contribution in [0.25, 0.3) is 0 Å². The minimum atomic E-state index is -1.03. The largest absolute Gasteiger partial charge is 0.479 e. The molecule has 1 heterocycles. The summed E-state index contributed by atoms with van der Waals surface area (Å²) in [5.41, 5.74) is 1.57. The molecule has 0 aromatic carbocycles. The van der Waals surface area contributed by atoms with Crippen molar-refractivity contribution in [1.82, 2.24) is 15.5 Å². The molecular weight excluding hydrogens is 306 g/mol. The number of carboxylic acid groups (broad SMARTS) is 1. The molecule has 1 aromatic heterocycles. The molecule has 1 aromatic rings. The van der Waals surface area contributed by atoms with Crippen LogP contribution in [0.1, 0.15) is 61.5 Å². The molecule has 0 spiro atoms. The van der Waals surface area contributed by atoms with E-state index in [4.69, 9.17) is 0 Å². The first kappa shape index (κ1) is 15.7. The van der Waals surface area contributed by atoms with Crippen LogP contribution in [0, 0.1) is 37.0 Å². The second-order valence-electron chi connectivity index (χ2n) is 8.29. The van der Waals surface area contributed by atoms with Crippen LogP contribution < -0.4 is 5.32 Å². The maximum atomic E-state index is 13.1. The predicted octanol–water partition coefficient (Wildman–Crippen LogP) is 2.48. The number of carbonyl (C=O) groups excluding carboxylic acids is 1. The molecule has 6 nitrogen and oxygen atoms in total. The van der Waals surface area contributed by atoms with Crippen molar-refractivity contribution in [3.05, 3.63) is 17.0 Å². The van der Waals surface area contributed by atoms with E-state index in [9.17, 15) is 14.7 Å². The zero-order chi connectivity index (χ0) is 17.1. The average molecular weight is 331 g/mol. The number of H-pyrrole nitrogens is 1. The highest BCUT2D eigenvalue weighted by atomic mass is 16.4. The van der Waals surface area contributed by atoms with Gasteiger partial charge in [0.2, 0.25) is 5.91 Å².